The van der Waals surface area contributed by atoms with E-state index in [2.05, 4.69) is 5.32 Å². The Labute approximate surface area is 128 Å². The summed E-state index contributed by atoms with van der Waals surface area (Å²) in [6.45, 7) is 0.587. The molecule has 0 spiro atoms. The van der Waals surface area contributed by atoms with E-state index in [4.69, 9.17) is 4.74 Å². The second-order valence-corrected chi connectivity index (χ2v) is 5.12. The number of halogens is 1. The maximum absolute atomic E-state index is 12.8. The van der Waals surface area contributed by atoms with Crippen LogP contribution in [0.2, 0.25) is 0 Å². The molecular weight excluding hydrogens is 281 g/mol. The zero-order valence-electron chi connectivity index (χ0n) is 12.0. The molecule has 0 aliphatic carbocycles. The summed E-state index contributed by atoms with van der Waals surface area (Å²) in [5.41, 5.74) is 1.78. The van der Waals surface area contributed by atoms with Crippen molar-refractivity contribution in [3.63, 3.8) is 0 Å². The van der Waals surface area contributed by atoms with Crippen LogP contribution < -0.4 is 10.1 Å². The molecule has 1 amide bonds. The smallest absolute Gasteiger partial charge is 0.244 e. The lowest BCUT2D eigenvalue weighted by Crippen LogP contribution is -2.30. The van der Waals surface area contributed by atoms with Gasteiger partial charge in [0.25, 0.3) is 0 Å². The molecule has 1 heterocycles. The summed E-state index contributed by atoms with van der Waals surface area (Å²) in [5, 5.41) is 2.98. The molecule has 1 aliphatic rings. The maximum Gasteiger partial charge on any atom is 0.244 e. The number of fused-ring (bicyclic) bond motifs is 1. The summed E-state index contributed by atoms with van der Waals surface area (Å²) in [7, 11) is 0. The van der Waals surface area contributed by atoms with Crippen LogP contribution in [0.5, 0.6) is 5.75 Å². The summed E-state index contributed by atoms with van der Waals surface area (Å²) in [4.78, 5) is 12.0. The van der Waals surface area contributed by atoms with Gasteiger partial charge in [-0.2, -0.15) is 0 Å². The van der Waals surface area contributed by atoms with Gasteiger partial charge >= 0.3 is 0 Å². The minimum absolute atomic E-state index is 0.0460. The molecule has 1 aliphatic heterocycles. The Morgan fingerprint density at radius 1 is 1.18 bits per heavy atom. The van der Waals surface area contributed by atoms with E-state index in [-0.39, 0.29) is 17.8 Å². The second-order valence-electron chi connectivity index (χ2n) is 5.12. The van der Waals surface area contributed by atoms with Crippen molar-refractivity contribution in [1.82, 2.24) is 5.32 Å². The van der Waals surface area contributed by atoms with Crippen molar-refractivity contribution in [2.45, 2.75) is 12.5 Å². The van der Waals surface area contributed by atoms with E-state index in [0.717, 1.165) is 23.3 Å². The van der Waals surface area contributed by atoms with Crippen LogP contribution in [-0.4, -0.2) is 12.5 Å². The average Bonchev–Trinajstić information content (AvgIpc) is 2.55. The lowest BCUT2D eigenvalue weighted by molar-refractivity contribution is -0.117. The van der Waals surface area contributed by atoms with E-state index >= 15 is 0 Å². The predicted molar refractivity (Wildman–Crippen MR) is 82.9 cm³/mol. The SMILES string of the molecule is O=C(/C=C/c1ccc(F)cc1)N[C@H]1CCOc2ccccc21. The molecule has 3 nitrogen and oxygen atoms in total. The van der Waals surface area contributed by atoms with Crippen molar-refractivity contribution in [3.05, 3.63) is 71.6 Å². The van der Waals surface area contributed by atoms with Gasteiger partial charge in [-0.15, -0.1) is 0 Å². The highest BCUT2D eigenvalue weighted by atomic mass is 19.1. The molecule has 0 bridgehead atoms. The van der Waals surface area contributed by atoms with E-state index in [1.807, 2.05) is 24.3 Å². The molecule has 0 radical (unpaired) electrons. The highest BCUT2D eigenvalue weighted by Crippen LogP contribution is 2.31. The molecule has 0 saturated heterocycles. The van der Waals surface area contributed by atoms with E-state index in [1.165, 1.54) is 18.2 Å². The number of para-hydroxylation sites is 1. The second kappa shape index (κ2) is 6.43. The van der Waals surface area contributed by atoms with E-state index in [1.54, 1.807) is 18.2 Å². The molecule has 4 heteroatoms. The summed E-state index contributed by atoms with van der Waals surface area (Å²) in [6.07, 6.45) is 3.87. The summed E-state index contributed by atoms with van der Waals surface area (Å²) in [6, 6.07) is 13.7. The molecule has 1 N–H and O–H groups in total. The Balaban J connectivity index is 1.66. The highest BCUT2D eigenvalue weighted by molar-refractivity contribution is 5.92. The number of hydrogen-bond donors (Lipinski definition) is 1. The van der Waals surface area contributed by atoms with Gasteiger partial charge in [0.2, 0.25) is 5.91 Å². The molecular formula is C18H16FNO2. The van der Waals surface area contributed by atoms with Crippen molar-refractivity contribution in [2.75, 3.05) is 6.61 Å². The molecule has 0 unspecified atom stereocenters. The van der Waals surface area contributed by atoms with E-state index in [9.17, 15) is 9.18 Å². The highest BCUT2D eigenvalue weighted by Gasteiger charge is 2.21. The number of hydrogen-bond acceptors (Lipinski definition) is 2. The number of rotatable bonds is 3. The maximum atomic E-state index is 12.8. The van der Waals surface area contributed by atoms with Crippen molar-refractivity contribution < 1.29 is 13.9 Å². The number of ether oxygens (including phenoxy) is 1. The fraction of sp³-hybridized carbons (Fsp3) is 0.167. The van der Waals surface area contributed by atoms with Gasteiger partial charge in [0.15, 0.2) is 0 Å². The molecule has 0 saturated carbocycles. The van der Waals surface area contributed by atoms with Gasteiger partial charge in [-0.05, 0) is 29.8 Å². The van der Waals surface area contributed by atoms with Crippen molar-refractivity contribution in [1.29, 1.82) is 0 Å². The van der Waals surface area contributed by atoms with Crippen LogP contribution in [0.15, 0.2) is 54.6 Å². The first-order valence-corrected chi connectivity index (χ1v) is 7.18. The van der Waals surface area contributed by atoms with Crippen LogP contribution in [0.3, 0.4) is 0 Å². The topological polar surface area (TPSA) is 38.3 Å². The van der Waals surface area contributed by atoms with Gasteiger partial charge in [0.05, 0.1) is 12.6 Å². The van der Waals surface area contributed by atoms with Gasteiger partial charge < -0.3 is 10.1 Å². The summed E-state index contributed by atoms with van der Waals surface area (Å²) < 4.78 is 18.4. The van der Waals surface area contributed by atoms with Crippen LogP contribution >= 0.6 is 0 Å². The van der Waals surface area contributed by atoms with E-state index < -0.39 is 0 Å². The molecule has 3 rings (SSSR count). The standard InChI is InChI=1S/C18H16FNO2/c19-14-8-5-13(6-9-14)7-10-18(21)20-16-11-12-22-17-4-2-1-3-15(16)17/h1-10,16H,11-12H2,(H,20,21)/b10-7+/t16-/m0/s1. The Bertz CT molecular complexity index is 694. The van der Waals surface area contributed by atoms with Crippen LogP contribution in [0.1, 0.15) is 23.6 Å². The number of amides is 1. The lowest BCUT2D eigenvalue weighted by atomic mass is 10.0. The third kappa shape index (κ3) is 3.34. The molecule has 2 aromatic carbocycles. The summed E-state index contributed by atoms with van der Waals surface area (Å²) >= 11 is 0. The van der Waals surface area contributed by atoms with Crippen LogP contribution in [0.25, 0.3) is 6.08 Å². The molecule has 22 heavy (non-hydrogen) atoms. The fourth-order valence-corrected chi connectivity index (χ4v) is 2.46. The first kappa shape index (κ1) is 14.3. The Morgan fingerprint density at radius 3 is 2.77 bits per heavy atom. The minimum Gasteiger partial charge on any atom is -0.493 e. The van der Waals surface area contributed by atoms with Gasteiger partial charge in [0, 0.05) is 18.1 Å². The first-order valence-electron chi connectivity index (χ1n) is 7.18. The van der Waals surface area contributed by atoms with Crippen molar-refractivity contribution in [3.8, 4) is 5.75 Å². The number of carbonyl (C=O) groups is 1. The third-order valence-electron chi connectivity index (χ3n) is 3.57. The first-order chi connectivity index (χ1) is 10.7. The number of benzene rings is 2. The molecule has 0 aromatic heterocycles. The molecule has 1 atom stereocenters. The fourth-order valence-electron chi connectivity index (χ4n) is 2.46. The Morgan fingerprint density at radius 2 is 1.95 bits per heavy atom. The van der Waals surface area contributed by atoms with Crippen LogP contribution in [0.4, 0.5) is 4.39 Å². The molecule has 2 aromatic rings. The van der Waals surface area contributed by atoms with Crippen molar-refractivity contribution >= 4 is 12.0 Å². The largest absolute Gasteiger partial charge is 0.493 e. The van der Waals surface area contributed by atoms with Gasteiger partial charge in [-0.25, -0.2) is 4.39 Å². The van der Waals surface area contributed by atoms with Gasteiger partial charge in [-0.3, -0.25) is 4.79 Å². The monoisotopic (exact) mass is 297 g/mol. The lowest BCUT2D eigenvalue weighted by Gasteiger charge is -2.26. The number of nitrogens with one attached hydrogen (secondary N) is 1. The Hall–Kier alpha value is -2.62. The average molecular weight is 297 g/mol. The van der Waals surface area contributed by atoms with Crippen molar-refractivity contribution in [2.24, 2.45) is 0 Å². The van der Waals surface area contributed by atoms with Crippen LogP contribution in [-0.2, 0) is 4.79 Å². The predicted octanol–water partition coefficient (Wildman–Crippen LogP) is 3.48. The number of carbonyl (C=O) groups excluding carboxylic acids is 1. The summed E-state index contributed by atoms with van der Waals surface area (Å²) in [5.74, 6) is 0.355. The van der Waals surface area contributed by atoms with Gasteiger partial charge in [0.1, 0.15) is 11.6 Å². The zero-order valence-corrected chi connectivity index (χ0v) is 12.0. The molecule has 112 valence electrons. The van der Waals surface area contributed by atoms with Crippen LogP contribution in [0, 0.1) is 5.82 Å². The zero-order chi connectivity index (χ0) is 15.4. The third-order valence-corrected chi connectivity index (χ3v) is 3.57. The Kier molecular flexibility index (Phi) is 4.19. The van der Waals surface area contributed by atoms with Gasteiger partial charge in [-0.1, -0.05) is 30.3 Å². The van der Waals surface area contributed by atoms with E-state index in [0.29, 0.717) is 6.61 Å². The molecule has 0 fully saturated rings. The normalized spacial score (nSPS) is 16.9. The minimum atomic E-state index is -0.291. The quantitative estimate of drug-likeness (QED) is 0.881.